The van der Waals surface area contributed by atoms with E-state index in [1.54, 1.807) is 0 Å². The smallest absolute Gasteiger partial charge is 0.256 e. The molecule has 0 aromatic carbocycles. The van der Waals surface area contributed by atoms with Crippen LogP contribution in [0.2, 0.25) is 0 Å². The van der Waals surface area contributed by atoms with Crippen LogP contribution in [-0.4, -0.2) is 30.1 Å². The number of nitrogens with one attached hydrogen (secondary N) is 2. The predicted molar refractivity (Wildman–Crippen MR) is 63.0 cm³/mol. The zero-order chi connectivity index (χ0) is 12.1. The predicted octanol–water partition coefficient (Wildman–Crippen LogP) is 0.674. The average molecular weight is 236 g/mol. The summed E-state index contributed by atoms with van der Waals surface area (Å²) in [6.45, 7) is 1.22. The molecule has 1 aromatic heterocycles. The van der Waals surface area contributed by atoms with E-state index in [2.05, 4.69) is 10.3 Å². The van der Waals surface area contributed by atoms with E-state index < -0.39 is 0 Å². The normalized spacial score (nSPS) is 19.9. The molecule has 5 heteroatoms. The summed E-state index contributed by atoms with van der Waals surface area (Å²) >= 11 is 0. The number of H-pyrrole nitrogens is 1. The van der Waals surface area contributed by atoms with Crippen LogP contribution in [0.25, 0.3) is 0 Å². The van der Waals surface area contributed by atoms with Gasteiger partial charge >= 0.3 is 0 Å². The van der Waals surface area contributed by atoms with Crippen LogP contribution in [0.5, 0.6) is 0 Å². The van der Waals surface area contributed by atoms with Gasteiger partial charge in [-0.05, 0) is 19.3 Å². The SMILES string of the molecule is O=C(NCC1CCCCO1)c1c[nH]ccc1=O. The molecule has 0 bridgehead atoms. The Morgan fingerprint density at radius 2 is 2.41 bits per heavy atom. The van der Waals surface area contributed by atoms with Gasteiger partial charge in [0.2, 0.25) is 0 Å². The fraction of sp³-hybridized carbons (Fsp3) is 0.500. The number of ether oxygens (including phenoxy) is 1. The van der Waals surface area contributed by atoms with Crippen molar-refractivity contribution < 1.29 is 9.53 Å². The van der Waals surface area contributed by atoms with Crippen molar-refractivity contribution in [2.24, 2.45) is 0 Å². The van der Waals surface area contributed by atoms with Gasteiger partial charge in [-0.1, -0.05) is 0 Å². The molecule has 1 atom stereocenters. The van der Waals surface area contributed by atoms with E-state index in [0.717, 1.165) is 25.9 Å². The van der Waals surface area contributed by atoms with Crippen LogP contribution in [0.3, 0.4) is 0 Å². The molecular formula is C12H16N2O3. The molecule has 0 aliphatic carbocycles. The third-order valence-electron chi connectivity index (χ3n) is 2.83. The van der Waals surface area contributed by atoms with Gasteiger partial charge < -0.3 is 15.0 Å². The largest absolute Gasteiger partial charge is 0.376 e. The second-order valence-corrected chi connectivity index (χ2v) is 4.12. The molecule has 0 saturated carbocycles. The van der Waals surface area contributed by atoms with Gasteiger partial charge in [-0.3, -0.25) is 9.59 Å². The lowest BCUT2D eigenvalue weighted by atomic mass is 10.1. The standard InChI is InChI=1S/C12H16N2O3/c15-11-4-5-13-8-10(11)12(16)14-7-9-3-1-2-6-17-9/h4-5,8-9H,1-3,6-7H2,(H,13,15)(H,14,16). The minimum absolute atomic E-state index is 0.0792. The monoisotopic (exact) mass is 236 g/mol. The first kappa shape index (κ1) is 11.9. The average Bonchev–Trinajstić information content (AvgIpc) is 2.38. The zero-order valence-corrected chi connectivity index (χ0v) is 9.57. The number of carbonyl (C=O) groups excluding carboxylic acids is 1. The Balaban J connectivity index is 1.89. The van der Waals surface area contributed by atoms with Crippen LogP contribution in [0.15, 0.2) is 23.3 Å². The van der Waals surface area contributed by atoms with Crippen LogP contribution in [0.1, 0.15) is 29.6 Å². The Kier molecular flexibility index (Phi) is 3.93. The first-order valence-corrected chi connectivity index (χ1v) is 5.84. The van der Waals surface area contributed by atoms with Crippen molar-refractivity contribution in [1.29, 1.82) is 0 Å². The zero-order valence-electron chi connectivity index (χ0n) is 9.57. The fourth-order valence-electron chi connectivity index (χ4n) is 1.86. The first-order valence-electron chi connectivity index (χ1n) is 5.84. The van der Waals surface area contributed by atoms with E-state index in [1.807, 2.05) is 0 Å². The molecule has 92 valence electrons. The van der Waals surface area contributed by atoms with Gasteiger partial charge in [0, 0.05) is 31.6 Å². The summed E-state index contributed by atoms with van der Waals surface area (Å²) < 4.78 is 5.49. The molecule has 2 N–H and O–H groups in total. The summed E-state index contributed by atoms with van der Waals surface area (Å²) in [7, 11) is 0. The number of aromatic nitrogens is 1. The van der Waals surface area contributed by atoms with Gasteiger partial charge in [0.1, 0.15) is 5.56 Å². The third-order valence-corrected chi connectivity index (χ3v) is 2.83. The molecule has 1 saturated heterocycles. The number of rotatable bonds is 3. The molecule has 17 heavy (non-hydrogen) atoms. The van der Waals surface area contributed by atoms with Gasteiger partial charge in [0.05, 0.1) is 6.10 Å². The Labute approximate surface area is 99.2 Å². The van der Waals surface area contributed by atoms with Gasteiger partial charge in [-0.2, -0.15) is 0 Å². The van der Waals surface area contributed by atoms with Crippen molar-refractivity contribution in [2.45, 2.75) is 25.4 Å². The quantitative estimate of drug-likeness (QED) is 0.810. The maximum absolute atomic E-state index is 11.7. The van der Waals surface area contributed by atoms with Gasteiger partial charge in [-0.15, -0.1) is 0 Å². The molecule has 0 spiro atoms. The van der Waals surface area contributed by atoms with Crippen molar-refractivity contribution in [3.63, 3.8) is 0 Å². The molecule has 1 aliphatic heterocycles. The van der Waals surface area contributed by atoms with Crippen LogP contribution in [0.4, 0.5) is 0 Å². The topological polar surface area (TPSA) is 71.2 Å². The third kappa shape index (κ3) is 3.17. The number of pyridine rings is 1. The Morgan fingerprint density at radius 3 is 3.12 bits per heavy atom. The summed E-state index contributed by atoms with van der Waals surface area (Å²) in [6, 6.07) is 1.34. The lowest BCUT2D eigenvalue weighted by molar-refractivity contribution is 0.0169. The molecule has 1 amide bonds. The lowest BCUT2D eigenvalue weighted by Gasteiger charge is -2.22. The van der Waals surface area contributed by atoms with Crippen molar-refractivity contribution in [3.05, 3.63) is 34.2 Å². The highest BCUT2D eigenvalue weighted by Gasteiger charge is 2.16. The number of hydrogen-bond acceptors (Lipinski definition) is 3. The molecule has 0 radical (unpaired) electrons. The summed E-state index contributed by atoms with van der Waals surface area (Å²) in [5, 5.41) is 2.73. The van der Waals surface area contributed by atoms with E-state index in [1.165, 1.54) is 18.5 Å². The Bertz CT molecular complexity index is 435. The Hall–Kier alpha value is -1.62. The van der Waals surface area contributed by atoms with Gasteiger partial charge in [0.25, 0.3) is 5.91 Å². The van der Waals surface area contributed by atoms with Crippen molar-refractivity contribution in [2.75, 3.05) is 13.2 Å². The number of hydrogen-bond donors (Lipinski definition) is 2. The second-order valence-electron chi connectivity index (χ2n) is 4.12. The molecule has 5 nitrogen and oxygen atoms in total. The van der Waals surface area contributed by atoms with Crippen molar-refractivity contribution >= 4 is 5.91 Å². The van der Waals surface area contributed by atoms with Crippen molar-refractivity contribution in [1.82, 2.24) is 10.3 Å². The molecule has 1 aromatic rings. The first-order chi connectivity index (χ1) is 8.27. The van der Waals surface area contributed by atoms with E-state index in [4.69, 9.17) is 4.74 Å². The maximum Gasteiger partial charge on any atom is 0.256 e. The summed E-state index contributed by atoms with van der Waals surface area (Å²) in [6.07, 6.45) is 6.18. The highest BCUT2D eigenvalue weighted by Crippen LogP contribution is 2.11. The number of aromatic amines is 1. The minimum Gasteiger partial charge on any atom is -0.376 e. The molecular weight excluding hydrogens is 220 g/mol. The van der Waals surface area contributed by atoms with Crippen LogP contribution < -0.4 is 10.7 Å². The van der Waals surface area contributed by atoms with Crippen molar-refractivity contribution in [3.8, 4) is 0 Å². The second kappa shape index (κ2) is 5.63. The molecule has 2 heterocycles. The van der Waals surface area contributed by atoms with E-state index >= 15 is 0 Å². The Morgan fingerprint density at radius 1 is 1.53 bits per heavy atom. The van der Waals surface area contributed by atoms with Crippen LogP contribution >= 0.6 is 0 Å². The molecule has 1 aliphatic rings. The summed E-state index contributed by atoms with van der Waals surface area (Å²) in [5.74, 6) is -0.346. The summed E-state index contributed by atoms with van der Waals surface area (Å²) in [5.41, 5.74) is -0.130. The molecule has 1 fully saturated rings. The molecule has 1 unspecified atom stereocenters. The highest BCUT2D eigenvalue weighted by atomic mass is 16.5. The maximum atomic E-state index is 11.7. The minimum atomic E-state index is -0.346. The van der Waals surface area contributed by atoms with E-state index in [0.29, 0.717) is 6.54 Å². The number of carbonyl (C=O) groups is 1. The van der Waals surface area contributed by atoms with Gasteiger partial charge in [-0.25, -0.2) is 0 Å². The summed E-state index contributed by atoms with van der Waals surface area (Å²) in [4.78, 5) is 25.8. The van der Waals surface area contributed by atoms with E-state index in [-0.39, 0.29) is 23.0 Å². The van der Waals surface area contributed by atoms with Gasteiger partial charge in [0.15, 0.2) is 5.43 Å². The highest BCUT2D eigenvalue weighted by molar-refractivity contribution is 5.93. The molecule has 2 rings (SSSR count). The number of amides is 1. The van der Waals surface area contributed by atoms with E-state index in [9.17, 15) is 9.59 Å². The van der Waals surface area contributed by atoms with Crippen LogP contribution in [0, 0.1) is 0 Å². The lowest BCUT2D eigenvalue weighted by Crippen LogP contribution is -2.37. The fourth-order valence-corrected chi connectivity index (χ4v) is 1.86. The van der Waals surface area contributed by atoms with Crippen LogP contribution in [-0.2, 0) is 4.74 Å².